The van der Waals surface area contributed by atoms with Crippen LogP contribution in [-0.2, 0) is 0 Å². The maximum atomic E-state index is 8.59. The first-order chi connectivity index (χ1) is 8.91. The first-order valence-electron chi connectivity index (χ1n) is 7.08. The van der Waals surface area contributed by atoms with Gasteiger partial charge in [-0.05, 0) is 51.4 Å². The molecule has 0 amide bonds. The predicted octanol–water partition coefficient (Wildman–Crippen LogP) is 3.76. The van der Waals surface area contributed by atoms with E-state index >= 15 is 0 Å². The van der Waals surface area contributed by atoms with Gasteiger partial charge < -0.3 is 10.2 Å². The first kappa shape index (κ1) is 17.1. The van der Waals surface area contributed by atoms with Crippen LogP contribution in [0.4, 0.5) is 0 Å². The first-order valence-corrected chi connectivity index (χ1v) is 7.08. The fraction of sp³-hybridized carbons (Fsp3) is 0.625. The molecule has 0 bridgehead atoms. The Morgan fingerprint density at radius 3 is 1.00 bits per heavy atom. The summed E-state index contributed by atoms with van der Waals surface area (Å²) in [5.41, 5.74) is 0. The van der Waals surface area contributed by atoms with Gasteiger partial charge in [0.15, 0.2) is 0 Å². The van der Waals surface area contributed by atoms with E-state index in [0.29, 0.717) is 0 Å². The van der Waals surface area contributed by atoms with E-state index in [1.54, 1.807) is 0 Å². The number of rotatable bonds is 12. The van der Waals surface area contributed by atoms with E-state index in [9.17, 15) is 0 Å². The minimum atomic E-state index is 0.288. The smallest absolute Gasteiger partial charge is 0.0433 e. The van der Waals surface area contributed by atoms with Crippen LogP contribution < -0.4 is 0 Å². The second-order valence-corrected chi connectivity index (χ2v) is 4.30. The molecule has 2 nitrogen and oxygen atoms in total. The van der Waals surface area contributed by atoms with Gasteiger partial charge in [-0.15, -0.1) is 0 Å². The zero-order valence-electron chi connectivity index (χ0n) is 11.4. The fourth-order valence-electron chi connectivity index (χ4n) is 1.51. The lowest BCUT2D eigenvalue weighted by molar-refractivity contribution is 0.289. The SMILES string of the molecule is OCCC/C=C/CC/C=C\CC/C=C/CCCO. The summed E-state index contributed by atoms with van der Waals surface area (Å²) in [7, 11) is 0. The average Bonchev–Trinajstić information content (AvgIpc) is 2.39. The van der Waals surface area contributed by atoms with Crippen molar-refractivity contribution < 1.29 is 10.2 Å². The van der Waals surface area contributed by atoms with Crippen molar-refractivity contribution in [2.24, 2.45) is 0 Å². The maximum absolute atomic E-state index is 8.59. The summed E-state index contributed by atoms with van der Waals surface area (Å²) in [4.78, 5) is 0. The van der Waals surface area contributed by atoms with Crippen molar-refractivity contribution in [2.45, 2.75) is 51.4 Å². The quantitative estimate of drug-likeness (QED) is 0.410. The van der Waals surface area contributed by atoms with Crippen molar-refractivity contribution in [3.05, 3.63) is 36.5 Å². The van der Waals surface area contributed by atoms with E-state index < -0.39 is 0 Å². The normalized spacial score (nSPS) is 12.3. The second-order valence-electron chi connectivity index (χ2n) is 4.30. The molecule has 18 heavy (non-hydrogen) atoms. The number of aliphatic hydroxyl groups is 2. The topological polar surface area (TPSA) is 40.5 Å². The molecule has 0 aromatic heterocycles. The van der Waals surface area contributed by atoms with Crippen molar-refractivity contribution >= 4 is 0 Å². The minimum absolute atomic E-state index is 0.288. The Morgan fingerprint density at radius 1 is 0.444 bits per heavy atom. The van der Waals surface area contributed by atoms with Crippen LogP contribution in [0.3, 0.4) is 0 Å². The molecule has 0 fully saturated rings. The molecular formula is C16H28O2. The van der Waals surface area contributed by atoms with Gasteiger partial charge in [0, 0.05) is 13.2 Å². The molecule has 0 aliphatic carbocycles. The minimum Gasteiger partial charge on any atom is -0.396 e. The number of aliphatic hydroxyl groups excluding tert-OH is 2. The molecule has 0 saturated carbocycles. The Hall–Kier alpha value is -0.860. The van der Waals surface area contributed by atoms with Gasteiger partial charge in [0.25, 0.3) is 0 Å². The Kier molecular flexibility index (Phi) is 15.4. The Labute approximate surface area is 112 Å². The Morgan fingerprint density at radius 2 is 0.722 bits per heavy atom. The van der Waals surface area contributed by atoms with E-state index in [0.717, 1.165) is 51.4 Å². The van der Waals surface area contributed by atoms with Gasteiger partial charge >= 0.3 is 0 Å². The molecule has 0 rings (SSSR count). The van der Waals surface area contributed by atoms with Gasteiger partial charge in [-0.2, -0.15) is 0 Å². The van der Waals surface area contributed by atoms with Crippen LogP contribution in [0.5, 0.6) is 0 Å². The lowest BCUT2D eigenvalue weighted by atomic mass is 10.2. The summed E-state index contributed by atoms with van der Waals surface area (Å²) in [6, 6.07) is 0. The lowest BCUT2D eigenvalue weighted by Crippen LogP contribution is -1.78. The molecule has 0 aromatic rings. The van der Waals surface area contributed by atoms with Crippen LogP contribution in [0, 0.1) is 0 Å². The molecule has 0 heterocycles. The number of allylic oxidation sites excluding steroid dienone is 6. The number of hydrogen-bond acceptors (Lipinski definition) is 2. The van der Waals surface area contributed by atoms with Crippen molar-refractivity contribution in [3.63, 3.8) is 0 Å². The van der Waals surface area contributed by atoms with Crippen molar-refractivity contribution in [1.82, 2.24) is 0 Å². The van der Waals surface area contributed by atoms with Crippen LogP contribution in [0.25, 0.3) is 0 Å². The number of unbranched alkanes of at least 4 members (excludes halogenated alkanes) is 4. The highest BCUT2D eigenvalue weighted by molar-refractivity contribution is 4.90. The molecule has 0 aliphatic heterocycles. The predicted molar refractivity (Wildman–Crippen MR) is 78.5 cm³/mol. The molecule has 0 aliphatic rings. The molecule has 0 radical (unpaired) electrons. The zero-order chi connectivity index (χ0) is 13.3. The van der Waals surface area contributed by atoms with Crippen LogP contribution in [0.2, 0.25) is 0 Å². The van der Waals surface area contributed by atoms with Crippen molar-refractivity contribution in [2.75, 3.05) is 13.2 Å². The molecule has 2 heteroatoms. The molecule has 0 atom stereocenters. The van der Waals surface area contributed by atoms with Gasteiger partial charge in [0.2, 0.25) is 0 Å². The third-order valence-electron chi connectivity index (χ3n) is 2.56. The molecule has 2 N–H and O–H groups in total. The van der Waals surface area contributed by atoms with Crippen LogP contribution >= 0.6 is 0 Å². The molecule has 0 unspecified atom stereocenters. The third kappa shape index (κ3) is 15.1. The molecule has 104 valence electrons. The van der Waals surface area contributed by atoms with E-state index in [4.69, 9.17) is 10.2 Å². The fourth-order valence-corrected chi connectivity index (χ4v) is 1.51. The standard InChI is InChI=1S/C16H28O2/c17-15-13-11-9-7-5-3-1-2-4-6-8-10-12-14-16-18/h1-2,7-10,17-18H,3-6,11-16H2/b2-1-,9-7+,10-8+. The molecular weight excluding hydrogens is 224 g/mol. The summed E-state index contributed by atoms with van der Waals surface area (Å²) < 4.78 is 0. The molecule has 0 saturated heterocycles. The summed E-state index contributed by atoms with van der Waals surface area (Å²) in [5.74, 6) is 0. The van der Waals surface area contributed by atoms with E-state index in [-0.39, 0.29) is 13.2 Å². The largest absolute Gasteiger partial charge is 0.396 e. The Balaban J connectivity index is 3.23. The van der Waals surface area contributed by atoms with Crippen molar-refractivity contribution in [3.8, 4) is 0 Å². The summed E-state index contributed by atoms with van der Waals surface area (Å²) in [6.45, 7) is 0.576. The molecule has 0 spiro atoms. The van der Waals surface area contributed by atoms with Crippen molar-refractivity contribution in [1.29, 1.82) is 0 Å². The van der Waals surface area contributed by atoms with Crippen LogP contribution in [0.1, 0.15) is 51.4 Å². The third-order valence-corrected chi connectivity index (χ3v) is 2.56. The molecule has 0 aromatic carbocycles. The summed E-state index contributed by atoms with van der Waals surface area (Å²) in [6.07, 6.45) is 21.2. The highest BCUT2D eigenvalue weighted by Crippen LogP contribution is 2.00. The Bertz CT molecular complexity index is 205. The van der Waals surface area contributed by atoms with Gasteiger partial charge in [-0.25, -0.2) is 0 Å². The van der Waals surface area contributed by atoms with Gasteiger partial charge in [0.05, 0.1) is 0 Å². The van der Waals surface area contributed by atoms with E-state index in [1.165, 1.54) is 0 Å². The zero-order valence-corrected chi connectivity index (χ0v) is 11.4. The van der Waals surface area contributed by atoms with E-state index in [2.05, 4.69) is 36.5 Å². The average molecular weight is 252 g/mol. The summed E-state index contributed by atoms with van der Waals surface area (Å²) >= 11 is 0. The highest BCUT2D eigenvalue weighted by atomic mass is 16.3. The second kappa shape index (κ2) is 16.1. The number of hydrogen-bond donors (Lipinski definition) is 2. The van der Waals surface area contributed by atoms with Crippen LogP contribution in [0.15, 0.2) is 36.5 Å². The van der Waals surface area contributed by atoms with E-state index in [1.807, 2.05) is 0 Å². The lowest BCUT2D eigenvalue weighted by Gasteiger charge is -1.91. The van der Waals surface area contributed by atoms with Gasteiger partial charge in [-0.1, -0.05) is 36.5 Å². The van der Waals surface area contributed by atoms with Gasteiger partial charge in [-0.3, -0.25) is 0 Å². The highest BCUT2D eigenvalue weighted by Gasteiger charge is 1.81. The van der Waals surface area contributed by atoms with Gasteiger partial charge in [0.1, 0.15) is 0 Å². The van der Waals surface area contributed by atoms with Crippen LogP contribution in [-0.4, -0.2) is 23.4 Å². The monoisotopic (exact) mass is 252 g/mol. The maximum Gasteiger partial charge on any atom is 0.0433 e. The summed E-state index contributed by atoms with van der Waals surface area (Å²) in [5, 5.41) is 17.2.